The molecule has 21 nitrogen and oxygen atoms in total. The van der Waals surface area contributed by atoms with Crippen molar-refractivity contribution in [2.45, 2.75) is 153 Å². The molecule has 9 heterocycles. The summed E-state index contributed by atoms with van der Waals surface area (Å²) < 4.78 is 72.2. The molecule has 2 aromatic heterocycles. The minimum Gasteiger partial charge on any atom is -0.464 e. The van der Waals surface area contributed by atoms with Gasteiger partial charge in [0.2, 0.25) is 17.7 Å². The Morgan fingerprint density at radius 3 is 2.37 bits per heavy atom. The highest BCUT2D eigenvalue weighted by molar-refractivity contribution is 5.95. The van der Waals surface area contributed by atoms with Crippen molar-refractivity contribution in [2.24, 2.45) is 17.3 Å². The summed E-state index contributed by atoms with van der Waals surface area (Å²) in [6.07, 6.45) is 1.73. The Labute approximate surface area is 508 Å². The Morgan fingerprint density at radius 1 is 0.920 bits per heavy atom. The molecule has 9 aliphatic rings. The van der Waals surface area contributed by atoms with Gasteiger partial charge in [-0.05, 0) is 93.5 Å². The van der Waals surface area contributed by atoms with Crippen LogP contribution in [0.5, 0.6) is 0 Å². The van der Waals surface area contributed by atoms with Gasteiger partial charge >= 0.3 is 12.1 Å². The number of morpholine rings is 2. The van der Waals surface area contributed by atoms with E-state index in [1.807, 2.05) is 68.8 Å². The maximum atomic E-state index is 15.3. The Kier molecular flexibility index (Phi) is 17.2. The Hall–Kier alpha value is -5.63. The van der Waals surface area contributed by atoms with E-state index >= 15 is 22.8 Å². The molecule has 6 saturated heterocycles. The molecule has 3 unspecified atom stereocenters. The van der Waals surface area contributed by atoms with Crippen LogP contribution in [0.15, 0.2) is 30.5 Å². The number of carbonyl (C=O) groups excluding carboxylic acids is 5. The number of esters is 1. The predicted octanol–water partition coefficient (Wildman–Crippen LogP) is 4.45. The van der Waals surface area contributed by atoms with Crippen LogP contribution < -0.4 is 20.5 Å². The fraction of sp³-hybridized carbons (Fsp3) is 0.714. The lowest BCUT2D eigenvalue weighted by molar-refractivity contribution is -0.197. The van der Waals surface area contributed by atoms with Gasteiger partial charge < -0.3 is 48.4 Å². The maximum absolute atomic E-state index is 15.3. The third-order valence-corrected chi connectivity index (χ3v) is 19.7. The summed E-state index contributed by atoms with van der Waals surface area (Å²) in [6, 6.07) is 5.27. The number of ether oxygens (including phenoxy) is 4. The van der Waals surface area contributed by atoms with E-state index in [1.54, 1.807) is 32.2 Å². The number of rotatable bonds is 14. The smallest absolute Gasteiger partial charge is 0.406 e. The third kappa shape index (κ3) is 13.1. The number of alkyl halides is 3. The molecule has 3 aromatic rings. The van der Waals surface area contributed by atoms with Crippen molar-refractivity contribution in [1.82, 2.24) is 49.8 Å². The van der Waals surface area contributed by atoms with E-state index in [1.165, 1.54) is 22.4 Å². The molecule has 1 aromatic carbocycles. The van der Waals surface area contributed by atoms with Crippen molar-refractivity contribution in [3.63, 3.8) is 0 Å². The quantitative estimate of drug-likeness (QED) is 0.170. The van der Waals surface area contributed by atoms with E-state index in [4.69, 9.17) is 23.9 Å². The van der Waals surface area contributed by atoms with Gasteiger partial charge in [0.05, 0.1) is 81.0 Å². The lowest BCUT2D eigenvalue weighted by Crippen LogP contribution is -2.73. The first-order valence-corrected chi connectivity index (χ1v) is 31.8. The normalized spacial score (nSPS) is 28.0. The highest BCUT2D eigenvalue weighted by atomic mass is 19.4. The van der Waals surface area contributed by atoms with Crippen molar-refractivity contribution in [3.05, 3.63) is 41.7 Å². The molecule has 476 valence electrons. The highest BCUT2D eigenvalue weighted by Crippen LogP contribution is 2.49. The zero-order chi connectivity index (χ0) is 61.4. The Morgan fingerprint density at radius 2 is 1.68 bits per heavy atom. The van der Waals surface area contributed by atoms with Crippen LogP contribution in [-0.2, 0) is 55.9 Å². The van der Waals surface area contributed by atoms with Gasteiger partial charge in [0.15, 0.2) is 0 Å². The number of halogens is 3. The van der Waals surface area contributed by atoms with E-state index in [-0.39, 0.29) is 74.9 Å². The van der Waals surface area contributed by atoms with Crippen LogP contribution in [0.2, 0.25) is 0 Å². The van der Waals surface area contributed by atoms with Crippen molar-refractivity contribution in [1.29, 1.82) is 0 Å². The largest absolute Gasteiger partial charge is 0.464 e. The molecule has 0 radical (unpaired) electrons. The average Bonchev–Trinajstić information content (AvgIpc) is 1.61. The molecule has 2 N–H and O–H groups in total. The second kappa shape index (κ2) is 24.3. The number of hydrogen-bond donors (Lipinski definition) is 2. The fourth-order valence-corrected chi connectivity index (χ4v) is 14.8. The summed E-state index contributed by atoms with van der Waals surface area (Å²) in [5.74, 6) is -1.14. The lowest BCUT2D eigenvalue weighted by Gasteiger charge is -2.55. The summed E-state index contributed by atoms with van der Waals surface area (Å²) in [4.78, 5) is 90.7. The lowest BCUT2D eigenvalue weighted by atomic mass is 9.84. The van der Waals surface area contributed by atoms with Crippen LogP contribution in [0.1, 0.15) is 96.9 Å². The van der Waals surface area contributed by atoms with Crippen molar-refractivity contribution >= 4 is 51.9 Å². The molecule has 87 heavy (non-hydrogen) atoms. The minimum absolute atomic E-state index is 0.00944. The van der Waals surface area contributed by atoms with Gasteiger partial charge in [0, 0.05) is 126 Å². The standard InChI is InChI=1S/C63H89F3N12O9/c1-38(2)53(74-23-25-87-62(33-74)34-75(35-62)59(82)56-54(40-11-12-40)76(56)32-51(79)70(6)7)57(80)68-49-28-44-31-73(22-24-85-44)42-15-16-50-45(26-42)47(29-61(4,5)37-86-60(83)48-10-9-17-78(69-48)58(49)81)55(77(50)36-63(64,65)66)46-27-43(30-67-52(46)39(3)84-8)72-20-18-71(19-21-72)41-13-14-41/h15-16,26-27,30,38-41,44,48-49,53-54,56,69H,9-14,17-25,28-29,31-37H2,1-8H3,(H,68,80)/t39-,44-,48-,49-,53?,54?,56+,76?/m0/s1. The maximum Gasteiger partial charge on any atom is 0.406 e. The molecule has 24 heteroatoms. The number of likely N-dealkylation sites (N-methyl/N-ethyl adjacent to an activating group) is 1. The molecule has 1 spiro atoms. The molecular formula is C63H89F3N12O9. The Bertz CT molecular complexity index is 3080. The molecule has 4 amide bonds. The number of carbonyl (C=O) groups is 5. The van der Waals surface area contributed by atoms with Gasteiger partial charge in [0.1, 0.15) is 30.3 Å². The van der Waals surface area contributed by atoms with Gasteiger partial charge in [-0.1, -0.05) is 27.7 Å². The summed E-state index contributed by atoms with van der Waals surface area (Å²) in [6.45, 7) is 15.1. The number of pyridine rings is 1. The molecule has 8 fully saturated rings. The van der Waals surface area contributed by atoms with Crippen molar-refractivity contribution in [2.75, 3.05) is 129 Å². The summed E-state index contributed by atoms with van der Waals surface area (Å²) in [7, 11) is 5.02. The van der Waals surface area contributed by atoms with Gasteiger partial charge in [-0.15, -0.1) is 0 Å². The first-order valence-electron chi connectivity index (χ1n) is 31.8. The van der Waals surface area contributed by atoms with E-state index in [2.05, 4.69) is 30.3 Å². The fourth-order valence-electron chi connectivity index (χ4n) is 14.8. The van der Waals surface area contributed by atoms with Crippen LogP contribution in [0.4, 0.5) is 24.5 Å². The number of methoxy groups -OCH3 is 1. The number of benzene rings is 1. The van der Waals surface area contributed by atoms with Crippen LogP contribution in [0.25, 0.3) is 22.2 Å². The highest BCUT2D eigenvalue weighted by Gasteiger charge is 2.63. The number of amides is 4. The number of fused-ring (bicyclic) bond motifs is 6. The van der Waals surface area contributed by atoms with E-state index < -0.39 is 65.9 Å². The number of hydrazine groups is 1. The SMILES string of the molecule is CO[C@@H](C)c1ncc(N2CCN(C3CC3)CC2)cc1-c1c2c3cc(ccc3n1CC(F)(F)F)N1CCO[C@@H](C[C@H](NC(=O)C(C(C)C)N3CCOC4(CN(C(=O)[C@H]5C(C6CC6)N5CC(=O)N(C)C)C4)C3)C(=O)N3CCC[C@H](N3)C(=O)OCC(C)(C)C2)C1. The van der Waals surface area contributed by atoms with Gasteiger partial charge in [0.25, 0.3) is 5.91 Å². The monoisotopic (exact) mass is 1210 g/mol. The number of nitrogens with zero attached hydrogens (tertiary/aromatic N) is 10. The van der Waals surface area contributed by atoms with Crippen LogP contribution in [-0.4, -0.2) is 242 Å². The van der Waals surface area contributed by atoms with Crippen LogP contribution in [0, 0.1) is 17.3 Å². The minimum atomic E-state index is -4.61. The van der Waals surface area contributed by atoms with Gasteiger partial charge in [-0.3, -0.25) is 48.7 Å². The third-order valence-electron chi connectivity index (χ3n) is 19.7. The number of piperazine rings is 1. The second-order valence-corrected chi connectivity index (χ2v) is 27.6. The Balaban J connectivity index is 0.837. The number of anilines is 2. The van der Waals surface area contributed by atoms with E-state index in [9.17, 15) is 14.4 Å². The number of nitrogens with one attached hydrogen (secondary N) is 2. The average molecular weight is 1220 g/mol. The zero-order valence-electron chi connectivity index (χ0n) is 51.9. The molecule has 8 atom stereocenters. The topological polar surface area (TPSA) is 190 Å². The number of cyclic esters (lactones) is 1. The summed E-state index contributed by atoms with van der Waals surface area (Å²) in [5, 5.41) is 5.24. The van der Waals surface area contributed by atoms with Gasteiger partial charge in [-0.25, -0.2) is 5.43 Å². The summed E-state index contributed by atoms with van der Waals surface area (Å²) >= 11 is 0. The van der Waals surface area contributed by atoms with E-state index in [0.717, 1.165) is 50.4 Å². The molecule has 2 aliphatic carbocycles. The molecule has 6 bridgehead atoms. The van der Waals surface area contributed by atoms with E-state index in [0.29, 0.717) is 104 Å². The van der Waals surface area contributed by atoms with Crippen molar-refractivity contribution in [3.8, 4) is 11.3 Å². The van der Waals surface area contributed by atoms with Crippen LogP contribution >= 0.6 is 0 Å². The second-order valence-electron chi connectivity index (χ2n) is 27.6. The summed E-state index contributed by atoms with van der Waals surface area (Å²) in [5.41, 5.74) is 5.73. The zero-order valence-corrected chi connectivity index (χ0v) is 51.9. The molecular weight excluding hydrogens is 1130 g/mol. The first kappa shape index (κ1) is 61.6. The molecule has 12 rings (SSSR count). The molecule has 2 saturated carbocycles. The number of likely N-dealkylation sites (tertiary alicyclic amines) is 1. The van der Waals surface area contributed by atoms with Gasteiger partial charge in [-0.2, -0.15) is 13.2 Å². The predicted molar refractivity (Wildman–Crippen MR) is 319 cm³/mol. The number of hydrogen-bond acceptors (Lipinski definition) is 16. The first-order chi connectivity index (χ1) is 41.5. The van der Waals surface area contributed by atoms with Crippen LogP contribution in [0.3, 0.4) is 0 Å². The van der Waals surface area contributed by atoms with Crippen molar-refractivity contribution < 1.29 is 56.1 Å². The number of aromatic nitrogens is 2. The molecule has 7 aliphatic heterocycles.